The SMILES string of the molecule is Cc1ccc(-c2ccc(COCc3oc4nc3C(=O)N[C@@H](C(C)C)c3nc(c(COCc5ccc(-c6ccc(C)cn6)nc5)o3)C(=O)N[C@@H](C(C)C)c3nc(c(COCc5ccc(-c6ccc(C)cn6)nc5)o3)C(=O)N[C@H]4C(C)C)cn2)nc1. The van der Waals surface area contributed by atoms with Gasteiger partial charge in [0.05, 0.1) is 54.0 Å². The molecule has 10 rings (SSSR count). The molecule has 21 heteroatoms. The average molecular weight is 1140 g/mol. The maximum absolute atomic E-state index is 14.8. The van der Waals surface area contributed by atoms with E-state index in [-0.39, 0.29) is 109 Å². The minimum atomic E-state index is -0.900. The molecular formula is C63H66N12O9. The van der Waals surface area contributed by atoms with Crippen LogP contribution in [0, 0.1) is 38.5 Å². The van der Waals surface area contributed by atoms with Gasteiger partial charge in [0.15, 0.2) is 34.4 Å². The van der Waals surface area contributed by atoms with E-state index in [1.165, 1.54) is 0 Å². The maximum Gasteiger partial charge on any atom is 0.274 e. The first-order chi connectivity index (χ1) is 40.5. The number of aryl methyl sites for hydroxylation is 3. The first-order valence-corrected chi connectivity index (χ1v) is 27.8. The van der Waals surface area contributed by atoms with Gasteiger partial charge < -0.3 is 43.4 Å². The van der Waals surface area contributed by atoms with Crippen LogP contribution in [0.3, 0.4) is 0 Å². The molecule has 0 saturated heterocycles. The highest BCUT2D eigenvalue weighted by molar-refractivity contribution is 5.95. The predicted octanol–water partition coefficient (Wildman–Crippen LogP) is 10.8. The molecule has 1 aliphatic rings. The Morgan fingerprint density at radius 1 is 0.369 bits per heavy atom. The first kappa shape index (κ1) is 58.0. The maximum atomic E-state index is 14.8. The van der Waals surface area contributed by atoms with Crippen LogP contribution in [0.2, 0.25) is 0 Å². The molecule has 9 aromatic heterocycles. The van der Waals surface area contributed by atoms with Gasteiger partial charge in [0.1, 0.15) is 37.9 Å². The second-order valence-electron chi connectivity index (χ2n) is 21.9. The number of fused-ring (bicyclic) bond motifs is 6. The zero-order valence-corrected chi connectivity index (χ0v) is 48.3. The van der Waals surface area contributed by atoms with Gasteiger partial charge in [0, 0.05) is 37.2 Å². The van der Waals surface area contributed by atoms with Gasteiger partial charge in [0.25, 0.3) is 17.7 Å². The van der Waals surface area contributed by atoms with Crippen LogP contribution in [0.1, 0.15) is 159 Å². The number of aromatic nitrogens is 9. The Kier molecular flexibility index (Phi) is 17.9. The molecule has 9 aromatic rings. The second-order valence-corrected chi connectivity index (χ2v) is 21.9. The summed E-state index contributed by atoms with van der Waals surface area (Å²) in [6.45, 7) is 16.9. The lowest BCUT2D eigenvalue weighted by Crippen LogP contribution is -2.35. The van der Waals surface area contributed by atoms with Gasteiger partial charge in [-0.05, 0) is 108 Å². The number of amides is 3. The van der Waals surface area contributed by atoms with E-state index < -0.39 is 35.8 Å². The highest BCUT2D eigenvalue weighted by Gasteiger charge is 2.36. The molecule has 0 aromatic carbocycles. The summed E-state index contributed by atoms with van der Waals surface area (Å²) in [6.07, 6.45) is 10.5. The normalized spacial score (nSPS) is 15.7. The smallest absolute Gasteiger partial charge is 0.274 e. The Morgan fingerprint density at radius 2 is 0.619 bits per heavy atom. The van der Waals surface area contributed by atoms with Gasteiger partial charge in [-0.25, -0.2) is 15.0 Å². The van der Waals surface area contributed by atoms with Crippen molar-refractivity contribution in [3.63, 3.8) is 0 Å². The average Bonchev–Trinajstić information content (AvgIpc) is 4.31. The molecule has 0 saturated carbocycles. The van der Waals surface area contributed by atoms with Crippen LogP contribution in [0.4, 0.5) is 0 Å². The largest absolute Gasteiger partial charge is 0.440 e. The lowest BCUT2D eigenvalue weighted by Gasteiger charge is -2.20. The Morgan fingerprint density at radius 3 is 0.833 bits per heavy atom. The predicted molar refractivity (Wildman–Crippen MR) is 307 cm³/mol. The monoisotopic (exact) mass is 1130 g/mol. The zero-order valence-electron chi connectivity index (χ0n) is 48.3. The molecule has 1 aliphatic heterocycles. The Labute approximate surface area is 485 Å². The van der Waals surface area contributed by atoms with Crippen LogP contribution in [-0.2, 0) is 53.9 Å². The number of nitrogens with one attached hydrogen (secondary N) is 3. The van der Waals surface area contributed by atoms with Crippen LogP contribution in [-0.4, -0.2) is 62.6 Å². The van der Waals surface area contributed by atoms with Crippen molar-refractivity contribution in [1.29, 1.82) is 0 Å². The van der Waals surface area contributed by atoms with E-state index in [1.54, 1.807) is 37.2 Å². The number of carbonyl (C=O) groups is 3. The molecule has 0 fully saturated rings. The van der Waals surface area contributed by atoms with Crippen molar-refractivity contribution >= 4 is 17.7 Å². The molecule has 84 heavy (non-hydrogen) atoms. The number of carbonyl (C=O) groups excluding carboxylic acids is 3. The minimum absolute atomic E-state index is 0.0426. The fraction of sp³-hybridized carbons (Fsp3) is 0.333. The third kappa shape index (κ3) is 13.8. The molecule has 21 nitrogen and oxygen atoms in total. The van der Waals surface area contributed by atoms with Gasteiger partial charge >= 0.3 is 0 Å². The van der Waals surface area contributed by atoms with Gasteiger partial charge in [-0.1, -0.05) is 77.9 Å². The van der Waals surface area contributed by atoms with Gasteiger partial charge in [0.2, 0.25) is 17.7 Å². The van der Waals surface area contributed by atoms with Crippen LogP contribution < -0.4 is 16.0 Å². The Bertz CT molecular complexity index is 3320. The van der Waals surface area contributed by atoms with Crippen molar-refractivity contribution in [2.45, 2.75) is 120 Å². The number of rotatable bonds is 18. The summed E-state index contributed by atoms with van der Waals surface area (Å²) >= 11 is 0. The van der Waals surface area contributed by atoms with Crippen LogP contribution >= 0.6 is 0 Å². The van der Waals surface area contributed by atoms with E-state index in [4.69, 9.17) is 42.4 Å². The number of hydrogen-bond donors (Lipinski definition) is 3. The molecule has 3 N–H and O–H groups in total. The molecular weight excluding hydrogens is 1070 g/mol. The highest BCUT2D eigenvalue weighted by atomic mass is 16.5. The number of hydrogen-bond acceptors (Lipinski definition) is 18. The molecule has 3 amide bonds. The molecule has 3 atom stereocenters. The summed E-state index contributed by atoms with van der Waals surface area (Å²) in [5.41, 5.74) is 9.39. The standard InChI is InChI=1S/C63H66N12O9/c1-34(2)52-61-73-56(49(82-61)31-79-28-40-13-19-46(67-25-40)43-16-10-37(7)22-64-43)59(77)71-54(36(5)6)63-75-57(51(84-63)33-81-30-42-15-21-48(69-27-42)45-18-12-39(9)24-66-45)60(78)72-53(35(3)4)62-74-55(58(76)70-52)50(83-62)32-80-29-41-14-20-47(68-26-41)44-17-11-38(8)23-65-44/h10-27,34-36,52-54H,28-33H2,1-9H3,(H,70,76)(H,71,77)(H,72,78)/t52-,53-,54-/m0/s1. The van der Waals surface area contributed by atoms with Crippen LogP contribution in [0.25, 0.3) is 34.2 Å². The third-order valence-corrected chi connectivity index (χ3v) is 13.9. The number of oxazole rings is 3. The van der Waals surface area contributed by atoms with Crippen molar-refractivity contribution < 1.29 is 41.8 Å². The molecule has 0 radical (unpaired) electrons. The van der Waals surface area contributed by atoms with Gasteiger partial charge in [-0.2, -0.15) is 0 Å². The Hall–Kier alpha value is -9.18. The van der Waals surface area contributed by atoms with Crippen molar-refractivity contribution in [1.82, 2.24) is 60.8 Å². The van der Waals surface area contributed by atoms with Crippen LogP contribution in [0.15, 0.2) is 123 Å². The van der Waals surface area contributed by atoms with Crippen molar-refractivity contribution in [2.24, 2.45) is 17.8 Å². The third-order valence-electron chi connectivity index (χ3n) is 13.9. The Balaban J connectivity index is 0.967. The van der Waals surface area contributed by atoms with Crippen molar-refractivity contribution in [2.75, 3.05) is 0 Å². The summed E-state index contributed by atoms with van der Waals surface area (Å²) in [4.78, 5) is 85.9. The summed E-state index contributed by atoms with van der Waals surface area (Å²) in [7, 11) is 0. The first-order valence-electron chi connectivity index (χ1n) is 27.8. The zero-order chi connectivity index (χ0) is 59.0. The quantitative estimate of drug-likeness (QED) is 0.0720. The highest BCUT2D eigenvalue weighted by Crippen LogP contribution is 2.32. The lowest BCUT2D eigenvalue weighted by molar-refractivity contribution is 0.0815. The van der Waals surface area contributed by atoms with Gasteiger partial charge in [-0.15, -0.1) is 0 Å². The molecule has 0 aliphatic carbocycles. The van der Waals surface area contributed by atoms with Crippen molar-refractivity contribution in [3.05, 3.63) is 195 Å². The van der Waals surface area contributed by atoms with E-state index >= 15 is 0 Å². The number of ether oxygens (including phenoxy) is 3. The fourth-order valence-corrected chi connectivity index (χ4v) is 9.13. The molecule has 0 unspecified atom stereocenters. The van der Waals surface area contributed by atoms with E-state index in [0.29, 0.717) is 17.1 Å². The fourth-order valence-electron chi connectivity index (χ4n) is 9.13. The summed E-state index contributed by atoms with van der Waals surface area (Å²) in [6, 6.07) is 20.2. The van der Waals surface area contributed by atoms with Crippen molar-refractivity contribution in [3.8, 4) is 34.2 Å². The van der Waals surface area contributed by atoms with Gasteiger partial charge in [-0.3, -0.25) is 44.3 Å². The summed E-state index contributed by atoms with van der Waals surface area (Å²) in [5.74, 6) is -2.56. The number of nitrogens with zero attached hydrogens (tertiary/aromatic N) is 9. The molecule has 432 valence electrons. The van der Waals surface area contributed by atoms with E-state index in [2.05, 4.69) is 45.9 Å². The molecule has 6 bridgehead atoms. The molecule has 0 spiro atoms. The second kappa shape index (κ2) is 25.9. The van der Waals surface area contributed by atoms with Crippen LogP contribution in [0.5, 0.6) is 0 Å². The van der Waals surface area contributed by atoms with E-state index in [0.717, 1.165) is 50.5 Å². The number of pyridine rings is 6. The lowest BCUT2D eigenvalue weighted by atomic mass is 10.0. The van der Waals surface area contributed by atoms with E-state index in [9.17, 15) is 14.4 Å². The molecule has 10 heterocycles. The topological polar surface area (TPSA) is 270 Å². The van der Waals surface area contributed by atoms with E-state index in [1.807, 2.05) is 135 Å². The summed E-state index contributed by atoms with van der Waals surface area (Å²) in [5, 5.41) is 9.16. The summed E-state index contributed by atoms with van der Waals surface area (Å²) < 4.78 is 38.0. The minimum Gasteiger partial charge on any atom is -0.440 e.